The second-order valence-electron chi connectivity index (χ2n) is 3.99. The molecule has 1 heterocycles. The van der Waals surface area contributed by atoms with Crippen LogP contribution in [0.1, 0.15) is 6.92 Å². The predicted molar refractivity (Wildman–Crippen MR) is 64.0 cm³/mol. The van der Waals surface area contributed by atoms with Gasteiger partial charge in [0.15, 0.2) is 0 Å². The summed E-state index contributed by atoms with van der Waals surface area (Å²) in [6.45, 7) is 2.09. The topological polar surface area (TPSA) is 58.6 Å². The minimum atomic E-state index is -0.458. The molecule has 2 amide bonds. The number of nitrogens with one attached hydrogen (secondary N) is 1. The van der Waals surface area contributed by atoms with Gasteiger partial charge in [-0.05, 0) is 12.1 Å². The van der Waals surface area contributed by atoms with E-state index in [-0.39, 0.29) is 11.8 Å². The molecule has 1 atom stereocenters. The first-order valence-corrected chi connectivity index (χ1v) is 5.39. The molecular weight excluding hydrogens is 220 g/mol. The van der Waals surface area contributed by atoms with Gasteiger partial charge in [0.1, 0.15) is 0 Å². The normalized spacial score (nSPS) is 19.1. The summed E-state index contributed by atoms with van der Waals surface area (Å²) < 4.78 is 4.73. The monoisotopic (exact) mass is 234 g/mol. The Balaban J connectivity index is 2.45. The number of benzene rings is 1. The lowest BCUT2D eigenvalue weighted by Crippen LogP contribution is -2.35. The van der Waals surface area contributed by atoms with Crippen LogP contribution in [-0.4, -0.2) is 25.7 Å². The number of hydrogen-bond acceptors (Lipinski definition) is 3. The molecule has 0 radical (unpaired) electrons. The predicted octanol–water partition coefficient (Wildman–Crippen LogP) is 1.85. The van der Waals surface area contributed by atoms with Crippen LogP contribution in [0.2, 0.25) is 0 Å². The van der Waals surface area contributed by atoms with E-state index >= 15 is 0 Å². The van der Waals surface area contributed by atoms with Gasteiger partial charge in [-0.1, -0.05) is 19.1 Å². The van der Waals surface area contributed by atoms with Gasteiger partial charge in [0.2, 0.25) is 5.91 Å². The van der Waals surface area contributed by atoms with Gasteiger partial charge in [-0.25, -0.2) is 4.79 Å². The third-order valence-corrected chi connectivity index (χ3v) is 2.75. The molecule has 0 saturated heterocycles. The van der Waals surface area contributed by atoms with Crippen molar-refractivity contribution in [2.45, 2.75) is 6.92 Å². The molecule has 1 aliphatic rings. The van der Waals surface area contributed by atoms with E-state index in [4.69, 9.17) is 4.74 Å². The standard InChI is InChI=1S/C12H14N2O3/c1-8-7-14(12(16)17-2)10-6-4-3-5-9(10)13-11(8)15/h3-6,8H,7H2,1-2H3,(H,13,15)/t8-/m1/s1. The highest BCUT2D eigenvalue weighted by molar-refractivity contribution is 6.02. The maximum absolute atomic E-state index is 11.7. The number of amides is 2. The van der Waals surface area contributed by atoms with Crippen molar-refractivity contribution in [1.29, 1.82) is 0 Å². The maximum Gasteiger partial charge on any atom is 0.414 e. The van der Waals surface area contributed by atoms with Crippen LogP contribution in [0.5, 0.6) is 0 Å². The average molecular weight is 234 g/mol. The molecule has 0 spiro atoms. The lowest BCUT2D eigenvalue weighted by molar-refractivity contribution is -0.119. The zero-order valence-corrected chi connectivity index (χ0v) is 9.77. The van der Waals surface area contributed by atoms with E-state index in [0.717, 1.165) is 0 Å². The first-order chi connectivity index (χ1) is 8.13. The first-order valence-electron chi connectivity index (χ1n) is 5.39. The van der Waals surface area contributed by atoms with Crippen LogP contribution < -0.4 is 10.2 Å². The summed E-state index contributed by atoms with van der Waals surface area (Å²) in [5.41, 5.74) is 1.30. The van der Waals surface area contributed by atoms with Gasteiger partial charge in [-0.15, -0.1) is 0 Å². The van der Waals surface area contributed by atoms with E-state index in [1.807, 2.05) is 12.1 Å². The molecule has 0 unspecified atom stereocenters. The highest BCUT2D eigenvalue weighted by atomic mass is 16.5. The Morgan fingerprint density at radius 2 is 2.18 bits per heavy atom. The van der Waals surface area contributed by atoms with Crippen molar-refractivity contribution >= 4 is 23.4 Å². The summed E-state index contributed by atoms with van der Waals surface area (Å²) in [4.78, 5) is 24.9. The number of ether oxygens (including phenoxy) is 1. The van der Waals surface area contributed by atoms with Crippen LogP contribution in [0.3, 0.4) is 0 Å². The molecule has 5 nitrogen and oxygen atoms in total. The molecule has 0 fully saturated rings. The number of carbonyl (C=O) groups is 2. The number of nitrogens with zero attached hydrogens (tertiary/aromatic N) is 1. The van der Waals surface area contributed by atoms with Crippen molar-refractivity contribution < 1.29 is 14.3 Å². The van der Waals surface area contributed by atoms with E-state index in [1.54, 1.807) is 19.1 Å². The Labute approximate surface area is 99.4 Å². The molecule has 0 bridgehead atoms. The van der Waals surface area contributed by atoms with E-state index in [9.17, 15) is 9.59 Å². The largest absolute Gasteiger partial charge is 0.452 e. The smallest absolute Gasteiger partial charge is 0.414 e. The molecular formula is C12H14N2O3. The van der Waals surface area contributed by atoms with Gasteiger partial charge < -0.3 is 10.1 Å². The van der Waals surface area contributed by atoms with E-state index in [1.165, 1.54) is 12.0 Å². The highest BCUT2D eigenvalue weighted by Crippen LogP contribution is 2.30. The SMILES string of the molecule is COC(=O)N1C[C@@H](C)C(=O)Nc2ccccc21. The van der Waals surface area contributed by atoms with Crippen molar-refractivity contribution in [2.24, 2.45) is 5.92 Å². The fraction of sp³-hybridized carbons (Fsp3) is 0.333. The summed E-state index contributed by atoms with van der Waals surface area (Å²) in [5, 5.41) is 2.79. The Hall–Kier alpha value is -2.04. The fourth-order valence-electron chi connectivity index (χ4n) is 1.81. The average Bonchev–Trinajstić information content (AvgIpc) is 2.47. The van der Waals surface area contributed by atoms with E-state index < -0.39 is 6.09 Å². The summed E-state index contributed by atoms with van der Waals surface area (Å²) in [6, 6.07) is 7.17. The van der Waals surface area contributed by atoms with Crippen LogP contribution in [0.4, 0.5) is 16.2 Å². The Bertz CT molecular complexity index is 459. The number of hydrogen-bond donors (Lipinski definition) is 1. The number of methoxy groups -OCH3 is 1. The molecule has 0 aromatic heterocycles. The third kappa shape index (κ3) is 2.08. The minimum Gasteiger partial charge on any atom is -0.452 e. The Morgan fingerprint density at radius 3 is 2.88 bits per heavy atom. The summed E-state index contributed by atoms with van der Waals surface area (Å²) in [5.74, 6) is -0.370. The molecule has 0 saturated carbocycles. The fourth-order valence-corrected chi connectivity index (χ4v) is 1.81. The van der Waals surface area contributed by atoms with Crippen LogP contribution in [-0.2, 0) is 9.53 Å². The number of fused-ring (bicyclic) bond motifs is 1. The van der Waals surface area contributed by atoms with E-state index in [0.29, 0.717) is 17.9 Å². The van der Waals surface area contributed by atoms with Gasteiger partial charge in [0.05, 0.1) is 24.4 Å². The molecule has 1 aliphatic heterocycles. The van der Waals surface area contributed by atoms with Crippen molar-refractivity contribution in [3.8, 4) is 0 Å². The molecule has 1 N–H and O–H groups in total. The van der Waals surface area contributed by atoms with Crippen LogP contribution in [0.25, 0.3) is 0 Å². The zero-order chi connectivity index (χ0) is 12.4. The van der Waals surface area contributed by atoms with Crippen LogP contribution in [0, 0.1) is 5.92 Å². The second-order valence-corrected chi connectivity index (χ2v) is 3.99. The second kappa shape index (κ2) is 4.45. The van der Waals surface area contributed by atoms with Crippen molar-refractivity contribution in [2.75, 3.05) is 23.9 Å². The Kier molecular flexibility index (Phi) is 2.99. The van der Waals surface area contributed by atoms with Crippen molar-refractivity contribution in [1.82, 2.24) is 0 Å². The number of carbonyl (C=O) groups excluding carboxylic acids is 2. The molecule has 17 heavy (non-hydrogen) atoms. The van der Waals surface area contributed by atoms with Gasteiger partial charge in [-0.2, -0.15) is 0 Å². The molecule has 0 aliphatic carbocycles. The highest BCUT2D eigenvalue weighted by Gasteiger charge is 2.28. The molecule has 1 aromatic carbocycles. The van der Waals surface area contributed by atoms with Gasteiger partial charge in [-0.3, -0.25) is 9.69 Å². The lowest BCUT2D eigenvalue weighted by atomic mass is 10.1. The van der Waals surface area contributed by atoms with Crippen LogP contribution >= 0.6 is 0 Å². The minimum absolute atomic E-state index is 0.0937. The third-order valence-electron chi connectivity index (χ3n) is 2.75. The lowest BCUT2D eigenvalue weighted by Gasteiger charge is -2.21. The number of rotatable bonds is 0. The summed E-state index contributed by atoms with van der Waals surface area (Å²) in [7, 11) is 1.33. The quantitative estimate of drug-likeness (QED) is 0.745. The first kappa shape index (κ1) is 11.4. The van der Waals surface area contributed by atoms with Crippen LogP contribution in [0.15, 0.2) is 24.3 Å². The molecule has 90 valence electrons. The van der Waals surface area contributed by atoms with E-state index in [2.05, 4.69) is 5.32 Å². The maximum atomic E-state index is 11.7. The zero-order valence-electron chi connectivity index (χ0n) is 9.77. The summed E-state index contributed by atoms with van der Waals surface area (Å²) in [6.07, 6.45) is -0.458. The van der Waals surface area contributed by atoms with Gasteiger partial charge >= 0.3 is 6.09 Å². The summed E-state index contributed by atoms with van der Waals surface area (Å²) >= 11 is 0. The molecule has 1 aromatic rings. The van der Waals surface area contributed by atoms with Crippen molar-refractivity contribution in [3.63, 3.8) is 0 Å². The van der Waals surface area contributed by atoms with Crippen molar-refractivity contribution in [3.05, 3.63) is 24.3 Å². The number of para-hydroxylation sites is 2. The Morgan fingerprint density at radius 1 is 1.47 bits per heavy atom. The number of anilines is 2. The van der Waals surface area contributed by atoms with Gasteiger partial charge in [0.25, 0.3) is 0 Å². The molecule has 2 rings (SSSR count). The molecule has 5 heteroatoms. The van der Waals surface area contributed by atoms with Gasteiger partial charge in [0, 0.05) is 6.54 Å².